The van der Waals surface area contributed by atoms with Crippen LogP contribution in [0.25, 0.3) is 0 Å². The van der Waals surface area contributed by atoms with Gasteiger partial charge in [-0.15, -0.1) is 11.3 Å². The number of rotatable bonds is 8. The van der Waals surface area contributed by atoms with Gasteiger partial charge in [0.1, 0.15) is 0 Å². The first-order valence-electron chi connectivity index (χ1n) is 7.85. The van der Waals surface area contributed by atoms with Gasteiger partial charge < -0.3 is 5.32 Å². The topological polar surface area (TPSA) is 24.9 Å². The third kappa shape index (κ3) is 4.94. The molecular formula is C18H26N2S. The summed E-state index contributed by atoms with van der Waals surface area (Å²) < 4.78 is 0. The van der Waals surface area contributed by atoms with Crippen LogP contribution < -0.4 is 5.32 Å². The zero-order chi connectivity index (χ0) is 15.1. The van der Waals surface area contributed by atoms with Crippen LogP contribution in [0.3, 0.4) is 0 Å². The van der Waals surface area contributed by atoms with Crippen molar-refractivity contribution in [1.29, 1.82) is 0 Å². The first-order valence-corrected chi connectivity index (χ1v) is 8.72. The Balaban J connectivity index is 1.97. The molecule has 0 saturated heterocycles. The van der Waals surface area contributed by atoms with Crippen molar-refractivity contribution < 1.29 is 0 Å². The number of nitrogens with zero attached hydrogens (tertiary/aromatic N) is 1. The summed E-state index contributed by atoms with van der Waals surface area (Å²) in [6.45, 7) is 8.66. The summed E-state index contributed by atoms with van der Waals surface area (Å²) in [5.74, 6) is 0.688. The van der Waals surface area contributed by atoms with Crippen molar-refractivity contribution in [1.82, 2.24) is 10.3 Å². The fourth-order valence-corrected chi connectivity index (χ4v) is 3.47. The van der Waals surface area contributed by atoms with Crippen molar-refractivity contribution in [2.75, 3.05) is 13.1 Å². The molecule has 1 heterocycles. The second kappa shape index (κ2) is 8.30. The maximum atomic E-state index is 4.36. The summed E-state index contributed by atoms with van der Waals surface area (Å²) in [4.78, 5) is 5.80. The summed E-state index contributed by atoms with van der Waals surface area (Å²) in [7, 11) is 0. The van der Waals surface area contributed by atoms with Gasteiger partial charge in [0, 0.05) is 4.88 Å². The Bertz CT molecular complexity index is 548. The highest BCUT2D eigenvalue weighted by molar-refractivity contribution is 7.09. The summed E-state index contributed by atoms with van der Waals surface area (Å²) in [6.07, 6.45) is 3.54. The first kappa shape index (κ1) is 16.2. The van der Waals surface area contributed by atoms with Crippen LogP contribution in [-0.4, -0.2) is 18.1 Å². The number of aromatic nitrogens is 1. The molecule has 0 spiro atoms. The molecule has 1 unspecified atom stereocenters. The molecule has 0 aliphatic heterocycles. The Hall–Kier alpha value is -1.19. The minimum Gasteiger partial charge on any atom is -0.317 e. The molecule has 0 aliphatic rings. The molecule has 0 aliphatic carbocycles. The van der Waals surface area contributed by atoms with Crippen LogP contribution in [0.1, 0.15) is 35.0 Å². The van der Waals surface area contributed by atoms with Crippen molar-refractivity contribution >= 4 is 11.3 Å². The van der Waals surface area contributed by atoms with Gasteiger partial charge in [0.05, 0.1) is 11.2 Å². The summed E-state index contributed by atoms with van der Waals surface area (Å²) in [6, 6.07) is 8.76. The molecule has 0 fully saturated rings. The van der Waals surface area contributed by atoms with Gasteiger partial charge in [-0.25, -0.2) is 4.98 Å². The molecule has 0 saturated carbocycles. The Labute approximate surface area is 132 Å². The van der Waals surface area contributed by atoms with Gasteiger partial charge in [0.15, 0.2) is 0 Å². The predicted octanol–water partition coefficient (Wildman–Crippen LogP) is 4.16. The van der Waals surface area contributed by atoms with Crippen LogP contribution in [0.4, 0.5) is 0 Å². The highest BCUT2D eigenvalue weighted by atomic mass is 32.1. The lowest BCUT2D eigenvalue weighted by Gasteiger charge is -2.18. The van der Waals surface area contributed by atoms with E-state index in [1.807, 2.05) is 5.51 Å². The first-order chi connectivity index (χ1) is 10.2. The lowest BCUT2D eigenvalue weighted by Crippen LogP contribution is -2.24. The molecule has 0 amide bonds. The van der Waals surface area contributed by atoms with Gasteiger partial charge in [-0.05, 0) is 63.2 Å². The van der Waals surface area contributed by atoms with E-state index in [4.69, 9.17) is 0 Å². The van der Waals surface area contributed by atoms with E-state index >= 15 is 0 Å². The summed E-state index contributed by atoms with van der Waals surface area (Å²) >= 11 is 1.79. The van der Waals surface area contributed by atoms with Crippen LogP contribution in [0.15, 0.2) is 29.8 Å². The van der Waals surface area contributed by atoms with Gasteiger partial charge >= 0.3 is 0 Å². The maximum Gasteiger partial charge on any atom is 0.0797 e. The number of hydrogen-bond donors (Lipinski definition) is 1. The van der Waals surface area contributed by atoms with E-state index in [9.17, 15) is 0 Å². The van der Waals surface area contributed by atoms with Crippen LogP contribution in [0, 0.1) is 19.8 Å². The van der Waals surface area contributed by atoms with Crippen LogP contribution >= 0.6 is 11.3 Å². The number of nitrogens with one attached hydrogen (secondary N) is 1. The largest absolute Gasteiger partial charge is 0.317 e. The summed E-state index contributed by atoms with van der Waals surface area (Å²) in [5.41, 5.74) is 6.07. The van der Waals surface area contributed by atoms with E-state index in [-0.39, 0.29) is 0 Å². The molecule has 1 aromatic heterocycles. The maximum absolute atomic E-state index is 4.36. The van der Waals surface area contributed by atoms with E-state index < -0.39 is 0 Å². The average Bonchev–Trinajstić information content (AvgIpc) is 2.89. The van der Waals surface area contributed by atoms with Crippen molar-refractivity contribution in [3.05, 3.63) is 51.5 Å². The van der Waals surface area contributed by atoms with Crippen molar-refractivity contribution in [2.24, 2.45) is 5.92 Å². The molecule has 2 nitrogen and oxygen atoms in total. The number of benzene rings is 1. The standard InChI is InChI=1S/C18H26N2S/c1-4-19-12-16(9-10-18-15(3)20-13-21-18)11-17-8-6-5-7-14(17)2/h5-8,13,16,19H,4,9-12H2,1-3H3. The Morgan fingerprint density at radius 3 is 2.71 bits per heavy atom. The fraction of sp³-hybridized carbons (Fsp3) is 0.500. The fourth-order valence-electron chi connectivity index (χ4n) is 2.68. The SMILES string of the molecule is CCNCC(CCc1scnc1C)Cc1ccccc1C. The van der Waals surface area contributed by atoms with E-state index in [2.05, 4.69) is 55.3 Å². The van der Waals surface area contributed by atoms with Crippen molar-refractivity contribution in [3.8, 4) is 0 Å². The number of thiazole rings is 1. The van der Waals surface area contributed by atoms with E-state index in [0.717, 1.165) is 25.9 Å². The van der Waals surface area contributed by atoms with E-state index in [1.165, 1.54) is 28.1 Å². The molecule has 3 heteroatoms. The molecule has 1 atom stereocenters. The Morgan fingerprint density at radius 1 is 1.24 bits per heavy atom. The predicted molar refractivity (Wildman–Crippen MR) is 92.1 cm³/mol. The third-order valence-electron chi connectivity index (χ3n) is 4.08. The lowest BCUT2D eigenvalue weighted by atomic mass is 9.92. The average molecular weight is 302 g/mol. The molecule has 114 valence electrons. The lowest BCUT2D eigenvalue weighted by molar-refractivity contribution is 0.449. The monoisotopic (exact) mass is 302 g/mol. The second-order valence-electron chi connectivity index (χ2n) is 5.70. The second-order valence-corrected chi connectivity index (χ2v) is 6.64. The zero-order valence-corrected chi connectivity index (χ0v) is 14.2. The van der Waals surface area contributed by atoms with Crippen molar-refractivity contribution in [3.63, 3.8) is 0 Å². The molecule has 1 N–H and O–H groups in total. The van der Waals surface area contributed by atoms with E-state index in [1.54, 1.807) is 11.3 Å². The molecule has 0 radical (unpaired) electrons. The number of aryl methyl sites for hydroxylation is 3. The highest BCUT2D eigenvalue weighted by Crippen LogP contribution is 2.20. The van der Waals surface area contributed by atoms with Gasteiger partial charge in [-0.1, -0.05) is 31.2 Å². The minimum absolute atomic E-state index is 0.688. The van der Waals surface area contributed by atoms with Gasteiger partial charge in [-0.3, -0.25) is 0 Å². The smallest absolute Gasteiger partial charge is 0.0797 e. The van der Waals surface area contributed by atoms with Gasteiger partial charge in [0.2, 0.25) is 0 Å². The third-order valence-corrected chi connectivity index (χ3v) is 5.07. The quantitative estimate of drug-likeness (QED) is 0.792. The molecule has 2 aromatic rings. The van der Waals surface area contributed by atoms with E-state index in [0.29, 0.717) is 5.92 Å². The molecular weight excluding hydrogens is 276 g/mol. The minimum atomic E-state index is 0.688. The zero-order valence-electron chi connectivity index (χ0n) is 13.4. The number of hydrogen-bond acceptors (Lipinski definition) is 3. The van der Waals surface area contributed by atoms with Gasteiger partial charge in [0.25, 0.3) is 0 Å². The van der Waals surface area contributed by atoms with Crippen LogP contribution in [-0.2, 0) is 12.8 Å². The van der Waals surface area contributed by atoms with Crippen molar-refractivity contribution in [2.45, 2.75) is 40.0 Å². The van der Waals surface area contributed by atoms with Gasteiger partial charge in [-0.2, -0.15) is 0 Å². The normalized spacial score (nSPS) is 12.5. The Morgan fingerprint density at radius 2 is 2.05 bits per heavy atom. The Kier molecular flexibility index (Phi) is 6.40. The summed E-state index contributed by atoms with van der Waals surface area (Å²) in [5, 5.41) is 3.52. The molecule has 0 bridgehead atoms. The van der Waals surface area contributed by atoms with Crippen LogP contribution in [0.2, 0.25) is 0 Å². The molecule has 21 heavy (non-hydrogen) atoms. The van der Waals surface area contributed by atoms with Crippen LogP contribution in [0.5, 0.6) is 0 Å². The molecule has 2 rings (SSSR count). The molecule has 1 aromatic carbocycles. The highest BCUT2D eigenvalue weighted by Gasteiger charge is 2.12.